The highest BCUT2D eigenvalue weighted by Gasteiger charge is 2.53. The van der Waals surface area contributed by atoms with E-state index < -0.39 is 11.7 Å². The summed E-state index contributed by atoms with van der Waals surface area (Å²) in [7, 11) is 1.57. The highest BCUT2D eigenvalue weighted by molar-refractivity contribution is 6.20. The minimum atomic E-state index is -0.945. The molecule has 2 aromatic carbocycles. The first-order valence-electron chi connectivity index (χ1n) is 10.5. The molecule has 0 saturated carbocycles. The Morgan fingerprint density at radius 2 is 1.80 bits per heavy atom. The maximum absolute atomic E-state index is 13.5. The summed E-state index contributed by atoms with van der Waals surface area (Å²) >= 11 is 0. The van der Waals surface area contributed by atoms with Gasteiger partial charge in [0.25, 0.3) is 11.8 Å². The van der Waals surface area contributed by atoms with E-state index in [0.717, 1.165) is 26.1 Å². The first-order valence-corrected chi connectivity index (χ1v) is 10.5. The lowest BCUT2D eigenvalue weighted by Crippen LogP contribution is -2.65. The van der Waals surface area contributed by atoms with Crippen LogP contribution in [0.15, 0.2) is 54.6 Å². The van der Waals surface area contributed by atoms with E-state index in [1.807, 2.05) is 6.07 Å². The number of benzene rings is 2. The molecule has 2 fully saturated rings. The summed E-state index contributed by atoms with van der Waals surface area (Å²) in [5.41, 5.74) is 0.899. The van der Waals surface area contributed by atoms with E-state index in [9.17, 15) is 9.59 Å². The predicted molar refractivity (Wildman–Crippen MR) is 115 cm³/mol. The van der Waals surface area contributed by atoms with Crippen molar-refractivity contribution in [3.63, 3.8) is 0 Å². The number of amides is 2. The third-order valence-electron chi connectivity index (χ3n) is 6.10. The standard InChI is InChI=1S/C24H28N2O4/c1-18-22(27)26(20-9-6-10-21(17-20)29-2)23(28)24(30-18)12-15-25(16-13-24)14-11-19-7-4-3-5-8-19/h3-10,17-18H,11-16H2,1-2H3. The summed E-state index contributed by atoms with van der Waals surface area (Å²) in [5.74, 6) is 0.0176. The van der Waals surface area contributed by atoms with Crippen LogP contribution in [-0.2, 0) is 20.7 Å². The second-order valence-corrected chi connectivity index (χ2v) is 8.01. The normalized spacial score (nSPS) is 21.8. The van der Waals surface area contributed by atoms with Crippen LogP contribution in [0, 0.1) is 0 Å². The largest absolute Gasteiger partial charge is 0.497 e. The van der Waals surface area contributed by atoms with Crippen LogP contribution in [-0.4, -0.2) is 55.2 Å². The fourth-order valence-corrected chi connectivity index (χ4v) is 4.32. The summed E-state index contributed by atoms with van der Waals surface area (Å²) in [6.07, 6.45) is 1.48. The van der Waals surface area contributed by atoms with Gasteiger partial charge in [-0.1, -0.05) is 36.4 Å². The molecule has 30 heavy (non-hydrogen) atoms. The van der Waals surface area contributed by atoms with Crippen molar-refractivity contribution in [2.24, 2.45) is 0 Å². The maximum atomic E-state index is 13.5. The molecule has 6 heteroatoms. The highest BCUT2D eigenvalue weighted by atomic mass is 16.5. The van der Waals surface area contributed by atoms with E-state index in [1.165, 1.54) is 10.5 Å². The molecule has 2 aromatic rings. The molecule has 1 spiro atoms. The first-order chi connectivity index (χ1) is 14.5. The number of anilines is 1. The monoisotopic (exact) mass is 408 g/mol. The van der Waals surface area contributed by atoms with Gasteiger partial charge in [0.15, 0.2) is 5.60 Å². The molecule has 2 aliphatic rings. The van der Waals surface area contributed by atoms with Crippen LogP contribution in [0.2, 0.25) is 0 Å². The number of hydrogen-bond donors (Lipinski definition) is 0. The summed E-state index contributed by atoms with van der Waals surface area (Å²) in [4.78, 5) is 29.9. The minimum Gasteiger partial charge on any atom is -0.497 e. The zero-order valence-electron chi connectivity index (χ0n) is 17.5. The Bertz CT molecular complexity index is 906. The van der Waals surface area contributed by atoms with Crippen LogP contribution < -0.4 is 9.64 Å². The summed E-state index contributed by atoms with van der Waals surface area (Å²) in [6, 6.07) is 17.5. The van der Waals surface area contributed by atoms with Crippen molar-refractivity contribution in [2.75, 3.05) is 31.6 Å². The molecule has 0 aromatic heterocycles. The Morgan fingerprint density at radius 3 is 2.50 bits per heavy atom. The Kier molecular flexibility index (Phi) is 5.88. The van der Waals surface area contributed by atoms with Crippen molar-refractivity contribution in [1.82, 2.24) is 4.90 Å². The third kappa shape index (κ3) is 3.98. The fraction of sp³-hybridized carbons (Fsp3) is 0.417. The van der Waals surface area contributed by atoms with Gasteiger partial charge < -0.3 is 14.4 Å². The van der Waals surface area contributed by atoms with Crippen molar-refractivity contribution >= 4 is 17.5 Å². The zero-order chi connectivity index (χ0) is 21.1. The van der Waals surface area contributed by atoms with E-state index in [4.69, 9.17) is 9.47 Å². The fourth-order valence-electron chi connectivity index (χ4n) is 4.32. The zero-order valence-corrected chi connectivity index (χ0v) is 17.5. The van der Waals surface area contributed by atoms with Gasteiger partial charge in [0.2, 0.25) is 0 Å². The van der Waals surface area contributed by atoms with Crippen molar-refractivity contribution in [3.8, 4) is 5.75 Å². The smallest absolute Gasteiger partial charge is 0.266 e. The molecule has 158 valence electrons. The molecule has 2 aliphatic heterocycles. The number of nitrogens with zero attached hydrogens (tertiary/aromatic N) is 2. The Labute approximate surface area is 177 Å². The van der Waals surface area contributed by atoms with Gasteiger partial charge in [-0.3, -0.25) is 9.59 Å². The molecule has 2 amide bonds. The number of carbonyl (C=O) groups is 2. The second kappa shape index (κ2) is 8.58. The number of morpholine rings is 1. The summed E-state index contributed by atoms with van der Waals surface area (Å²) < 4.78 is 11.3. The molecule has 2 heterocycles. The van der Waals surface area contributed by atoms with Gasteiger partial charge in [0.05, 0.1) is 12.8 Å². The first kappa shape index (κ1) is 20.6. The van der Waals surface area contributed by atoms with Gasteiger partial charge >= 0.3 is 0 Å². The van der Waals surface area contributed by atoms with Crippen LogP contribution in [0.4, 0.5) is 5.69 Å². The summed E-state index contributed by atoms with van der Waals surface area (Å²) in [6.45, 7) is 4.21. The van der Waals surface area contributed by atoms with Gasteiger partial charge in [-0.2, -0.15) is 0 Å². The molecule has 1 atom stereocenters. The van der Waals surface area contributed by atoms with Crippen LogP contribution >= 0.6 is 0 Å². The lowest BCUT2D eigenvalue weighted by Gasteiger charge is -2.47. The molecule has 0 N–H and O–H groups in total. The summed E-state index contributed by atoms with van der Waals surface area (Å²) in [5, 5.41) is 0. The molecule has 0 radical (unpaired) electrons. The number of ether oxygens (including phenoxy) is 2. The number of likely N-dealkylation sites (tertiary alicyclic amines) is 1. The molecule has 4 rings (SSSR count). The van der Waals surface area contributed by atoms with Gasteiger partial charge in [0.1, 0.15) is 11.9 Å². The highest BCUT2D eigenvalue weighted by Crippen LogP contribution is 2.37. The van der Waals surface area contributed by atoms with Gasteiger partial charge in [-0.25, -0.2) is 4.90 Å². The van der Waals surface area contributed by atoms with Gasteiger partial charge in [-0.05, 0) is 43.9 Å². The minimum absolute atomic E-state index is 0.262. The quantitative estimate of drug-likeness (QED) is 0.712. The number of carbonyl (C=O) groups excluding carboxylic acids is 2. The number of hydrogen-bond acceptors (Lipinski definition) is 5. The van der Waals surface area contributed by atoms with Gasteiger partial charge in [0, 0.05) is 25.7 Å². The average Bonchev–Trinajstić information content (AvgIpc) is 2.78. The molecule has 0 aliphatic carbocycles. The van der Waals surface area contributed by atoms with E-state index in [0.29, 0.717) is 24.3 Å². The van der Waals surface area contributed by atoms with Crippen LogP contribution in [0.3, 0.4) is 0 Å². The number of methoxy groups -OCH3 is 1. The lowest BCUT2D eigenvalue weighted by atomic mass is 9.87. The van der Waals surface area contributed by atoms with Gasteiger partial charge in [-0.15, -0.1) is 0 Å². The molecule has 6 nitrogen and oxygen atoms in total. The van der Waals surface area contributed by atoms with Crippen molar-refractivity contribution < 1.29 is 19.1 Å². The van der Waals surface area contributed by atoms with Crippen LogP contribution in [0.5, 0.6) is 5.75 Å². The molecule has 1 unspecified atom stereocenters. The molecule has 2 saturated heterocycles. The van der Waals surface area contributed by atoms with Crippen molar-refractivity contribution in [1.29, 1.82) is 0 Å². The number of imide groups is 1. The SMILES string of the molecule is COc1cccc(N2C(=O)C(C)OC3(CCN(CCc4ccccc4)CC3)C2=O)c1. The topological polar surface area (TPSA) is 59.1 Å². The Hall–Kier alpha value is -2.70. The van der Waals surface area contributed by atoms with E-state index in [1.54, 1.807) is 38.3 Å². The maximum Gasteiger partial charge on any atom is 0.266 e. The average molecular weight is 408 g/mol. The molecule has 0 bridgehead atoms. The Morgan fingerprint density at radius 1 is 1.07 bits per heavy atom. The van der Waals surface area contributed by atoms with E-state index in [2.05, 4.69) is 29.2 Å². The van der Waals surface area contributed by atoms with Crippen LogP contribution in [0.25, 0.3) is 0 Å². The molecular formula is C24H28N2O4. The number of piperidine rings is 1. The second-order valence-electron chi connectivity index (χ2n) is 8.01. The third-order valence-corrected chi connectivity index (χ3v) is 6.10. The predicted octanol–water partition coefficient (Wildman–Crippen LogP) is 3.05. The van der Waals surface area contributed by atoms with E-state index in [-0.39, 0.29) is 11.8 Å². The number of rotatable bonds is 5. The van der Waals surface area contributed by atoms with Crippen molar-refractivity contribution in [3.05, 3.63) is 60.2 Å². The van der Waals surface area contributed by atoms with Crippen LogP contribution in [0.1, 0.15) is 25.3 Å². The Balaban J connectivity index is 1.47. The van der Waals surface area contributed by atoms with E-state index >= 15 is 0 Å². The van der Waals surface area contributed by atoms with Crippen molar-refractivity contribution in [2.45, 2.75) is 37.9 Å². The lowest BCUT2D eigenvalue weighted by molar-refractivity contribution is -0.177. The molecular weight excluding hydrogens is 380 g/mol.